The molecule has 0 aliphatic heterocycles. The van der Waals surface area contributed by atoms with Crippen molar-refractivity contribution >= 4 is 5.82 Å². The molecule has 0 unspecified atom stereocenters. The molecule has 0 spiro atoms. The molecule has 106 valence electrons. The van der Waals surface area contributed by atoms with E-state index in [1.165, 1.54) is 18.3 Å². The van der Waals surface area contributed by atoms with Crippen LogP contribution < -0.4 is 5.32 Å². The Labute approximate surface area is 122 Å². The Hall–Kier alpha value is -2.48. The number of rotatable bonds is 4. The van der Waals surface area contributed by atoms with Crippen LogP contribution >= 0.6 is 0 Å². The molecule has 0 amide bonds. The zero-order chi connectivity index (χ0) is 14.7. The molecule has 0 radical (unpaired) electrons. The number of nitrogens with one attached hydrogen (secondary N) is 1. The maximum absolute atomic E-state index is 13.1. The van der Waals surface area contributed by atoms with E-state index in [9.17, 15) is 4.39 Å². The van der Waals surface area contributed by atoms with E-state index in [4.69, 9.17) is 5.26 Å². The summed E-state index contributed by atoms with van der Waals surface area (Å²) < 4.78 is 13.1. The number of hydrogen-bond acceptors (Lipinski definition) is 4. The Balaban J connectivity index is 1.79. The van der Waals surface area contributed by atoms with Gasteiger partial charge in [-0.3, -0.25) is 0 Å². The average molecular weight is 282 g/mol. The van der Waals surface area contributed by atoms with E-state index in [0.717, 1.165) is 24.8 Å². The summed E-state index contributed by atoms with van der Waals surface area (Å²) in [6, 6.07) is 8.72. The van der Waals surface area contributed by atoms with Gasteiger partial charge in [0.1, 0.15) is 11.9 Å². The molecule has 1 heterocycles. The minimum absolute atomic E-state index is 0.00204. The molecule has 1 aromatic heterocycles. The first-order chi connectivity index (χ1) is 10.2. The summed E-state index contributed by atoms with van der Waals surface area (Å²) in [6.07, 6.45) is 6.32. The number of aromatic nitrogens is 2. The van der Waals surface area contributed by atoms with E-state index in [1.54, 1.807) is 6.20 Å². The van der Waals surface area contributed by atoms with Gasteiger partial charge in [0.05, 0.1) is 0 Å². The Morgan fingerprint density at radius 2 is 1.90 bits per heavy atom. The fourth-order valence-electron chi connectivity index (χ4n) is 2.78. The second-order valence-electron chi connectivity index (χ2n) is 5.36. The van der Waals surface area contributed by atoms with Gasteiger partial charge in [-0.25, -0.2) is 14.4 Å². The van der Waals surface area contributed by atoms with Crippen LogP contribution in [-0.4, -0.2) is 16.5 Å². The molecule has 1 aliphatic carbocycles. The van der Waals surface area contributed by atoms with Gasteiger partial charge in [0, 0.05) is 24.4 Å². The first-order valence-corrected chi connectivity index (χ1v) is 6.95. The minimum atomic E-state index is -0.220. The van der Waals surface area contributed by atoms with Crippen LogP contribution in [0, 0.1) is 17.1 Å². The third kappa shape index (κ3) is 2.57. The summed E-state index contributed by atoms with van der Waals surface area (Å²) in [5.74, 6) is 0.287. The van der Waals surface area contributed by atoms with Crippen molar-refractivity contribution < 1.29 is 4.39 Å². The highest BCUT2D eigenvalue weighted by Gasteiger charge is 2.38. The SMILES string of the molecule is N#Cc1nccnc1NCC1(c2ccc(F)cc2)CCC1. The van der Waals surface area contributed by atoms with Gasteiger partial charge >= 0.3 is 0 Å². The maximum atomic E-state index is 13.1. The van der Waals surface area contributed by atoms with Gasteiger partial charge in [-0.1, -0.05) is 18.6 Å². The normalized spacial score (nSPS) is 15.8. The highest BCUT2D eigenvalue weighted by atomic mass is 19.1. The molecule has 5 heteroatoms. The highest BCUT2D eigenvalue weighted by molar-refractivity contribution is 5.47. The molecule has 1 fully saturated rings. The van der Waals surface area contributed by atoms with Crippen molar-refractivity contribution in [2.75, 3.05) is 11.9 Å². The standard InChI is InChI=1S/C16H15FN4/c17-13-4-2-12(3-5-13)16(6-1-7-16)11-21-15-14(10-18)19-8-9-20-15/h2-5,8-9H,1,6-7,11H2,(H,20,21). The molecule has 21 heavy (non-hydrogen) atoms. The summed E-state index contributed by atoms with van der Waals surface area (Å²) in [5, 5.41) is 12.3. The highest BCUT2D eigenvalue weighted by Crippen LogP contribution is 2.43. The molecular formula is C16H15FN4. The molecule has 0 saturated heterocycles. The first-order valence-electron chi connectivity index (χ1n) is 6.95. The summed E-state index contributed by atoms with van der Waals surface area (Å²) in [7, 11) is 0. The Morgan fingerprint density at radius 1 is 1.19 bits per heavy atom. The van der Waals surface area contributed by atoms with E-state index in [1.807, 2.05) is 18.2 Å². The molecule has 1 saturated carbocycles. The maximum Gasteiger partial charge on any atom is 0.182 e. The van der Waals surface area contributed by atoms with Crippen LogP contribution in [0.25, 0.3) is 0 Å². The molecule has 0 bridgehead atoms. The second-order valence-corrected chi connectivity index (χ2v) is 5.36. The van der Waals surface area contributed by atoms with Crippen molar-refractivity contribution in [2.45, 2.75) is 24.7 Å². The van der Waals surface area contributed by atoms with Crippen molar-refractivity contribution in [3.05, 3.63) is 53.7 Å². The molecule has 4 nitrogen and oxygen atoms in total. The monoisotopic (exact) mass is 282 g/mol. The fourth-order valence-corrected chi connectivity index (χ4v) is 2.78. The van der Waals surface area contributed by atoms with Gasteiger partial charge in [-0.15, -0.1) is 0 Å². The van der Waals surface area contributed by atoms with Gasteiger partial charge in [0.15, 0.2) is 11.5 Å². The Bertz CT molecular complexity index is 671. The van der Waals surface area contributed by atoms with E-state index < -0.39 is 0 Å². The lowest BCUT2D eigenvalue weighted by Gasteiger charge is -2.42. The summed E-state index contributed by atoms with van der Waals surface area (Å²) in [4.78, 5) is 8.15. The van der Waals surface area contributed by atoms with Crippen molar-refractivity contribution in [1.82, 2.24) is 9.97 Å². The fraction of sp³-hybridized carbons (Fsp3) is 0.312. The molecule has 1 aromatic carbocycles. The quantitative estimate of drug-likeness (QED) is 0.936. The molecule has 0 atom stereocenters. The number of benzene rings is 1. The third-order valence-corrected chi connectivity index (χ3v) is 4.17. The Kier molecular flexibility index (Phi) is 3.53. The number of nitrogens with zero attached hydrogens (tertiary/aromatic N) is 3. The smallest absolute Gasteiger partial charge is 0.182 e. The van der Waals surface area contributed by atoms with Gasteiger partial charge in [0.2, 0.25) is 0 Å². The zero-order valence-electron chi connectivity index (χ0n) is 11.5. The van der Waals surface area contributed by atoms with Gasteiger partial charge in [-0.2, -0.15) is 5.26 Å². The van der Waals surface area contributed by atoms with Crippen LogP contribution in [-0.2, 0) is 5.41 Å². The van der Waals surface area contributed by atoms with E-state index in [-0.39, 0.29) is 11.2 Å². The van der Waals surface area contributed by atoms with E-state index in [2.05, 4.69) is 15.3 Å². The zero-order valence-corrected chi connectivity index (χ0v) is 11.5. The molecule has 2 aromatic rings. The minimum Gasteiger partial charge on any atom is -0.367 e. The average Bonchev–Trinajstić information content (AvgIpc) is 2.48. The third-order valence-electron chi connectivity index (χ3n) is 4.17. The summed E-state index contributed by atoms with van der Waals surface area (Å²) in [5.41, 5.74) is 1.42. The lowest BCUT2D eigenvalue weighted by molar-refractivity contribution is 0.260. The van der Waals surface area contributed by atoms with Crippen LogP contribution in [0.5, 0.6) is 0 Å². The largest absolute Gasteiger partial charge is 0.367 e. The number of anilines is 1. The van der Waals surface area contributed by atoms with E-state index >= 15 is 0 Å². The predicted octanol–water partition coefficient (Wildman–Crippen LogP) is 3.02. The number of nitriles is 1. The lowest BCUT2D eigenvalue weighted by Crippen LogP contribution is -2.41. The molecular weight excluding hydrogens is 267 g/mol. The second kappa shape index (κ2) is 5.49. The van der Waals surface area contributed by atoms with Crippen LogP contribution in [0.2, 0.25) is 0 Å². The van der Waals surface area contributed by atoms with Crippen molar-refractivity contribution in [1.29, 1.82) is 5.26 Å². The van der Waals surface area contributed by atoms with Crippen molar-refractivity contribution in [3.63, 3.8) is 0 Å². The van der Waals surface area contributed by atoms with Crippen molar-refractivity contribution in [2.24, 2.45) is 0 Å². The first kappa shape index (κ1) is 13.5. The number of hydrogen-bond donors (Lipinski definition) is 1. The summed E-state index contributed by atoms with van der Waals surface area (Å²) in [6.45, 7) is 0.673. The molecule has 1 N–H and O–H groups in total. The van der Waals surface area contributed by atoms with Crippen LogP contribution in [0.3, 0.4) is 0 Å². The predicted molar refractivity (Wildman–Crippen MR) is 77.2 cm³/mol. The van der Waals surface area contributed by atoms with Crippen LogP contribution in [0.1, 0.15) is 30.5 Å². The Morgan fingerprint density at radius 3 is 2.52 bits per heavy atom. The van der Waals surface area contributed by atoms with Gasteiger partial charge < -0.3 is 5.32 Å². The number of halogens is 1. The van der Waals surface area contributed by atoms with Crippen LogP contribution in [0.4, 0.5) is 10.2 Å². The van der Waals surface area contributed by atoms with Gasteiger partial charge in [0.25, 0.3) is 0 Å². The topological polar surface area (TPSA) is 61.6 Å². The lowest BCUT2D eigenvalue weighted by atomic mass is 9.64. The molecule has 3 rings (SSSR count). The van der Waals surface area contributed by atoms with Crippen molar-refractivity contribution in [3.8, 4) is 6.07 Å². The van der Waals surface area contributed by atoms with E-state index in [0.29, 0.717) is 18.1 Å². The van der Waals surface area contributed by atoms with Crippen LogP contribution in [0.15, 0.2) is 36.7 Å². The van der Waals surface area contributed by atoms with Gasteiger partial charge in [-0.05, 0) is 30.5 Å². The summed E-state index contributed by atoms with van der Waals surface area (Å²) >= 11 is 0. The molecule has 1 aliphatic rings.